The van der Waals surface area contributed by atoms with Crippen LogP contribution in [0, 0.1) is 11.8 Å². The Bertz CT molecular complexity index is 559. The minimum Gasteiger partial charge on any atom is -0.481 e. The van der Waals surface area contributed by atoms with Gasteiger partial charge in [-0.25, -0.2) is 4.98 Å². The maximum Gasteiger partial charge on any atom is 0.422 e. The fourth-order valence-electron chi connectivity index (χ4n) is 1.91. The predicted octanol–water partition coefficient (Wildman–Crippen LogP) is 2.50. The smallest absolute Gasteiger partial charge is 0.422 e. The predicted molar refractivity (Wildman–Crippen MR) is 78.7 cm³/mol. The zero-order chi connectivity index (χ0) is 18.3. The maximum absolute atomic E-state index is 12.0. The Hall–Kier alpha value is -2.32. The molecule has 0 aliphatic carbocycles. The number of pyridine rings is 1. The van der Waals surface area contributed by atoms with Crippen molar-refractivity contribution in [2.45, 2.75) is 26.4 Å². The van der Waals surface area contributed by atoms with Gasteiger partial charge >= 0.3 is 12.1 Å². The molecule has 2 N–H and O–H groups in total. The van der Waals surface area contributed by atoms with Gasteiger partial charge in [-0.15, -0.1) is 0 Å². The molecule has 1 rings (SSSR count). The van der Waals surface area contributed by atoms with Crippen LogP contribution in [0.3, 0.4) is 0 Å². The molecule has 1 aromatic rings. The van der Waals surface area contributed by atoms with Crippen molar-refractivity contribution >= 4 is 11.9 Å². The number of carbonyl (C=O) groups excluding carboxylic acids is 1. The van der Waals surface area contributed by atoms with Crippen LogP contribution in [-0.2, 0) is 4.79 Å². The molecule has 0 bridgehead atoms. The average Bonchev–Trinajstić information content (AvgIpc) is 2.48. The quantitative estimate of drug-likeness (QED) is 0.754. The number of hydrogen-bond acceptors (Lipinski definition) is 4. The summed E-state index contributed by atoms with van der Waals surface area (Å²) in [5, 5.41) is 11.6. The van der Waals surface area contributed by atoms with Gasteiger partial charge in [0.2, 0.25) is 5.88 Å². The Morgan fingerprint density at radius 2 is 2.00 bits per heavy atom. The third-order valence-electron chi connectivity index (χ3n) is 3.00. The average molecular weight is 348 g/mol. The monoisotopic (exact) mass is 348 g/mol. The first-order valence-corrected chi connectivity index (χ1v) is 7.25. The number of carbonyl (C=O) groups is 2. The van der Waals surface area contributed by atoms with E-state index in [2.05, 4.69) is 15.0 Å². The zero-order valence-corrected chi connectivity index (χ0v) is 13.3. The largest absolute Gasteiger partial charge is 0.481 e. The lowest BCUT2D eigenvalue weighted by Crippen LogP contribution is -2.33. The van der Waals surface area contributed by atoms with Gasteiger partial charge in [0.05, 0.1) is 11.5 Å². The van der Waals surface area contributed by atoms with Crippen LogP contribution in [-0.4, -0.2) is 41.3 Å². The topological polar surface area (TPSA) is 88.5 Å². The standard InChI is InChI=1S/C15H19F3N2O4/c1-9(2)5-11(14(22)23)7-20-13(21)10-3-4-12(19-6-10)24-8-15(16,17)18/h3-4,6,9,11H,5,7-8H2,1-2H3,(H,20,21)(H,22,23). The number of hydrogen-bond donors (Lipinski definition) is 2. The first-order chi connectivity index (χ1) is 11.1. The van der Waals surface area contributed by atoms with E-state index >= 15 is 0 Å². The summed E-state index contributed by atoms with van der Waals surface area (Å²) in [5.41, 5.74) is 0.100. The van der Waals surface area contributed by atoms with Crippen molar-refractivity contribution in [1.82, 2.24) is 10.3 Å². The summed E-state index contributed by atoms with van der Waals surface area (Å²) in [6.45, 7) is 2.24. The van der Waals surface area contributed by atoms with E-state index in [1.54, 1.807) is 0 Å². The molecular formula is C15H19F3N2O4. The van der Waals surface area contributed by atoms with E-state index in [0.717, 1.165) is 12.3 Å². The summed E-state index contributed by atoms with van der Waals surface area (Å²) < 4.78 is 40.5. The van der Waals surface area contributed by atoms with E-state index in [-0.39, 0.29) is 23.9 Å². The number of aliphatic carboxylic acids is 1. The van der Waals surface area contributed by atoms with Gasteiger partial charge in [0, 0.05) is 18.8 Å². The molecule has 0 saturated carbocycles. The summed E-state index contributed by atoms with van der Waals surface area (Å²) in [6, 6.07) is 2.40. The molecule has 0 fully saturated rings. The molecule has 6 nitrogen and oxygen atoms in total. The lowest BCUT2D eigenvalue weighted by Gasteiger charge is -2.15. The summed E-state index contributed by atoms with van der Waals surface area (Å²) in [7, 11) is 0. The van der Waals surface area contributed by atoms with Crippen LogP contribution >= 0.6 is 0 Å². The molecule has 0 radical (unpaired) electrons. The van der Waals surface area contributed by atoms with E-state index in [4.69, 9.17) is 5.11 Å². The van der Waals surface area contributed by atoms with Gasteiger partial charge in [0.25, 0.3) is 5.91 Å². The van der Waals surface area contributed by atoms with E-state index in [1.807, 2.05) is 13.8 Å². The van der Waals surface area contributed by atoms with Crippen LogP contribution in [0.5, 0.6) is 5.88 Å². The minimum absolute atomic E-state index is 0.0430. The van der Waals surface area contributed by atoms with Crippen molar-refractivity contribution < 1.29 is 32.6 Å². The van der Waals surface area contributed by atoms with Crippen LogP contribution < -0.4 is 10.1 Å². The highest BCUT2D eigenvalue weighted by atomic mass is 19.4. The molecule has 1 aromatic heterocycles. The first-order valence-electron chi connectivity index (χ1n) is 7.25. The molecule has 0 saturated heterocycles. The summed E-state index contributed by atoms with van der Waals surface area (Å²) in [6.07, 6.45) is -2.99. The fourth-order valence-corrected chi connectivity index (χ4v) is 1.91. The van der Waals surface area contributed by atoms with Gasteiger partial charge in [0.1, 0.15) is 0 Å². The number of halogens is 3. The molecule has 1 heterocycles. The van der Waals surface area contributed by atoms with Gasteiger partial charge in [-0.3, -0.25) is 9.59 Å². The number of carboxylic acid groups (broad SMARTS) is 1. The molecule has 0 aliphatic rings. The van der Waals surface area contributed by atoms with Gasteiger partial charge in [0.15, 0.2) is 6.61 Å². The Balaban J connectivity index is 2.57. The minimum atomic E-state index is -4.47. The summed E-state index contributed by atoms with van der Waals surface area (Å²) in [5.74, 6) is -2.36. The Labute approximate surface area is 137 Å². The molecule has 0 aromatic carbocycles. The maximum atomic E-state index is 12.0. The Morgan fingerprint density at radius 3 is 2.46 bits per heavy atom. The highest BCUT2D eigenvalue weighted by Gasteiger charge is 2.28. The molecule has 0 spiro atoms. The Kier molecular flexibility index (Phi) is 6.99. The molecule has 24 heavy (non-hydrogen) atoms. The molecule has 1 unspecified atom stereocenters. The Morgan fingerprint density at radius 1 is 1.33 bits per heavy atom. The summed E-state index contributed by atoms with van der Waals surface area (Å²) in [4.78, 5) is 26.6. The molecule has 1 atom stereocenters. The van der Waals surface area contributed by atoms with Crippen LogP contribution in [0.1, 0.15) is 30.6 Å². The van der Waals surface area contributed by atoms with E-state index in [9.17, 15) is 22.8 Å². The van der Waals surface area contributed by atoms with Gasteiger partial charge in [-0.2, -0.15) is 13.2 Å². The molecule has 134 valence electrons. The number of nitrogens with zero attached hydrogens (tertiary/aromatic N) is 1. The third kappa shape index (κ3) is 7.30. The van der Waals surface area contributed by atoms with Gasteiger partial charge < -0.3 is 15.2 Å². The molecule has 9 heteroatoms. The van der Waals surface area contributed by atoms with Crippen molar-refractivity contribution in [2.75, 3.05) is 13.2 Å². The van der Waals surface area contributed by atoms with E-state index in [1.165, 1.54) is 6.07 Å². The van der Waals surface area contributed by atoms with E-state index in [0.29, 0.717) is 6.42 Å². The number of amides is 1. The first kappa shape index (κ1) is 19.7. The number of aromatic nitrogens is 1. The highest BCUT2D eigenvalue weighted by Crippen LogP contribution is 2.17. The number of nitrogens with one attached hydrogen (secondary N) is 1. The number of alkyl halides is 3. The van der Waals surface area contributed by atoms with Gasteiger partial charge in [-0.1, -0.05) is 13.8 Å². The van der Waals surface area contributed by atoms with Crippen LogP contribution in [0.15, 0.2) is 18.3 Å². The molecular weight excluding hydrogens is 329 g/mol. The van der Waals surface area contributed by atoms with Crippen molar-refractivity contribution in [3.8, 4) is 5.88 Å². The highest BCUT2D eigenvalue weighted by molar-refractivity contribution is 5.94. The normalized spacial score (nSPS) is 12.8. The van der Waals surface area contributed by atoms with Gasteiger partial charge in [-0.05, 0) is 18.4 Å². The molecule has 1 amide bonds. The van der Waals surface area contributed by atoms with Crippen molar-refractivity contribution in [1.29, 1.82) is 0 Å². The van der Waals surface area contributed by atoms with Crippen LogP contribution in [0.25, 0.3) is 0 Å². The lowest BCUT2D eigenvalue weighted by molar-refractivity contribution is -0.154. The second-order valence-corrected chi connectivity index (χ2v) is 5.66. The zero-order valence-electron chi connectivity index (χ0n) is 13.3. The van der Waals surface area contributed by atoms with Crippen molar-refractivity contribution in [2.24, 2.45) is 11.8 Å². The summed E-state index contributed by atoms with van der Waals surface area (Å²) >= 11 is 0. The molecule has 0 aliphatic heterocycles. The van der Waals surface area contributed by atoms with E-state index < -0.39 is 30.6 Å². The number of rotatable bonds is 8. The van der Waals surface area contributed by atoms with Crippen molar-refractivity contribution in [3.05, 3.63) is 23.9 Å². The SMILES string of the molecule is CC(C)CC(CNC(=O)c1ccc(OCC(F)(F)F)nc1)C(=O)O. The second-order valence-electron chi connectivity index (χ2n) is 5.66. The van der Waals surface area contributed by atoms with Crippen LogP contribution in [0.2, 0.25) is 0 Å². The number of ether oxygens (including phenoxy) is 1. The van der Waals surface area contributed by atoms with Crippen LogP contribution in [0.4, 0.5) is 13.2 Å². The third-order valence-corrected chi connectivity index (χ3v) is 3.00. The number of carboxylic acids is 1. The lowest BCUT2D eigenvalue weighted by atomic mass is 9.97. The fraction of sp³-hybridized carbons (Fsp3) is 0.533. The van der Waals surface area contributed by atoms with Crippen molar-refractivity contribution in [3.63, 3.8) is 0 Å². The second kappa shape index (κ2) is 8.51.